The van der Waals surface area contributed by atoms with E-state index in [1.54, 1.807) is 6.92 Å². The lowest BCUT2D eigenvalue weighted by Gasteiger charge is -2.30. The van der Waals surface area contributed by atoms with Crippen LogP contribution in [-0.2, 0) is 13.0 Å². The summed E-state index contributed by atoms with van der Waals surface area (Å²) in [6, 6.07) is 11.5. The fourth-order valence-electron chi connectivity index (χ4n) is 3.72. The molecule has 0 fully saturated rings. The fourth-order valence-corrected chi connectivity index (χ4v) is 3.72. The van der Waals surface area contributed by atoms with Gasteiger partial charge in [0.2, 0.25) is 0 Å². The number of β-amino-alcohol motifs (C(OH)–C–C–N with tert-alkyl or cyclic N) is 1. The van der Waals surface area contributed by atoms with E-state index in [-0.39, 0.29) is 6.54 Å². The molecule has 1 heterocycles. The van der Waals surface area contributed by atoms with Crippen LogP contribution < -0.4 is 10.6 Å². The Morgan fingerprint density at radius 1 is 1.20 bits per heavy atom. The van der Waals surface area contributed by atoms with Crippen molar-refractivity contribution in [1.82, 2.24) is 15.5 Å². The highest BCUT2D eigenvalue weighted by atomic mass is 19.1. The minimum Gasteiger partial charge on any atom is -0.390 e. The summed E-state index contributed by atoms with van der Waals surface area (Å²) >= 11 is 0. The first-order valence-electron chi connectivity index (χ1n) is 10.4. The summed E-state index contributed by atoms with van der Waals surface area (Å²) < 4.78 is 27.2. The predicted octanol–water partition coefficient (Wildman–Crippen LogP) is 3.00. The summed E-state index contributed by atoms with van der Waals surface area (Å²) in [4.78, 5) is 6.69. The van der Waals surface area contributed by atoms with Gasteiger partial charge in [-0.1, -0.05) is 30.3 Å². The fraction of sp³-hybridized carbons (Fsp3) is 0.435. The summed E-state index contributed by atoms with van der Waals surface area (Å²) in [6.07, 6.45) is 0.375. The molecule has 7 heteroatoms. The van der Waals surface area contributed by atoms with Crippen LogP contribution in [0.1, 0.15) is 36.6 Å². The molecule has 0 radical (unpaired) electrons. The minimum atomic E-state index is -0.608. The highest BCUT2D eigenvalue weighted by molar-refractivity contribution is 5.80. The molecule has 3 rings (SSSR count). The van der Waals surface area contributed by atoms with Crippen molar-refractivity contribution in [2.75, 3.05) is 26.2 Å². The van der Waals surface area contributed by atoms with Crippen molar-refractivity contribution in [2.24, 2.45) is 4.99 Å². The summed E-state index contributed by atoms with van der Waals surface area (Å²) in [5.74, 6) is -0.722. The number of benzene rings is 2. The van der Waals surface area contributed by atoms with Gasteiger partial charge in [0.05, 0.1) is 18.7 Å². The average molecular weight is 417 g/mol. The normalized spacial score (nSPS) is 16.6. The molecule has 2 atom stereocenters. The molecular formula is C23H30F2N4O. The molecule has 1 aliphatic rings. The van der Waals surface area contributed by atoms with Crippen LogP contribution in [0.25, 0.3) is 0 Å². The number of aliphatic hydroxyl groups is 1. The van der Waals surface area contributed by atoms with Crippen LogP contribution >= 0.6 is 0 Å². The maximum atomic E-state index is 14.0. The smallest absolute Gasteiger partial charge is 0.191 e. The largest absolute Gasteiger partial charge is 0.390 e. The quantitative estimate of drug-likeness (QED) is 0.480. The zero-order valence-electron chi connectivity index (χ0n) is 17.5. The molecular weight excluding hydrogens is 386 g/mol. The monoisotopic (exact) mass is 416 g/mol. The zero-order valence-corrected chi connectivity index (χ0v) is 17.5. The van der Waals surface area contributed by atoms with E-state index < -0.39 is 23.8 Å². The van der Waals surface area contributed by atoms with Crippen molar-refractivity contribution < 1.29 is 13.9 Å². The van der Waals surface area contributed by atoms with Crippen molar-refractivity contribution in [2.45, 2.75) is 39.0 Å². The van der Waals surface area contributed by atoms with Crippen molar-refractivity contribution >= 4 is 5.96 Å². The molecule has 2 unspecified atom stereocenters. The van der Waals surface area contributed by atoms with Crippen molar-refractivity contribution in [3.05, 3.63) is 70.8 Å². The molecule has 2 aromatic carbocycles. The van der Waals surface area contributed by atoms with E-state index in [0.29, 0.717) is 24.6 Å². The average Bonchev–Trinajstić information content (AvgIpc) is 2.72. The summed E-state index contributed by atoms with van der Waals surface area (Å²) in [6.45, 7) is 6.86. The van der Waals surface area contributed by atoms with Crippen LogP contribution in [0.15, 0.2) is 47.5 Å². The van der Waals surface area contributed by atoms with Crippen molar-refractivity contribution in [1.29, 1.82) is 0 Å². The molecule has 0 saturated carbocycles. The molecule has 162 valence electrons. The second kappa shape index (κ2) is 10.5. The predicted molar refractivity (Wildman–Crippen MR) is 115 cm³/mol. The molecule has 0 spiro atoms. The SMILES string of the molecule is CCNC(=NCC(O)CN1CCc2ccccc2C1)NC(C)c1ccc(F)cc1F. The zero-order chi connectivity index (χ0) is 21.5. The van der Waals surface area contributed by atoms with Gasteiger partial charge < -0.3 is 15.7 Å². The standard InChI is InChI=1S/C23H30F2N4O/c1-3-26-23(28-16(2)21-9-8-19(24)12-22(21)25)27-13-20(30)15-29-11-10-17-6-4-5-7-18(17)14-29/h4-9,12,16,20,30H,3,10-11,13-15H2,1-2H3,(H2,26,27,28). The third-order valence-corrected chi connectivity index (χ3v) is 5.27. The number of nitrogens with zero attached hydrogens (tertiary/aromatic N) is 2. The number of aliphatic hydroxyl groups excluding tert-OH is 1. The Bertz CT molecular complexity index is 874. The molecule has 0 amide bonds. The molecule has 5 nitrogen and oxygen atoms in total. The van der Waals surface area contributed by atoms with Crippen LogP contribution in [0.3, 0.4) is 0 Å². The number of halogens is 2. The van der Waals surface area contributed by atoms with Gasteiger partial charge >= 0.3 is 0 Å². The lowest BCUT2D eigenvalue weighted by Crippen LogP contribution is -2.41. The maximum Gasteiger partial charge on any atom is 0.191 e. The molecule has 3 N–H and O–H groups in total. The molecule has 2 aromatic rings. The Hall–Kier alpha value is -2.51. The van der Waals surface area contributed by atoms with E-state index in [0.717, 1.165) is 25.6 Å². The van der Waals surface area contributed by atoms with Gasteiger partial charge in [-0.3, -0.25) is 9.89 Å². The first-order chi connectivity index (χ1) is 14.5. The molecule has 0 saturated heterocycles. The third-order valence-electron chi connectivity index (χ3n) is 5.27. The van der Waals surface area contributed by atoms with E-state index in [9.17, 15) is 13.9 Å². The Kier molecular flexibility index (Phi) is 7.76. The first-order valence-corrected chi connectivity index (χ1v) is 10.4. The van der Waals surface area contributed by atoms with E-state index in [2.05, 4.69) is 38.7 Å². The van der Waals surface area contributed by atoms with Gasteiger partial charge in [0.15, 0.2) is 5.96 Å². The van der Waals surface area contributed by atoms with E-state index in [4.69, 9.17) is 0 Å². The van der Waals surface area contributed by atoms with Crippen LogP contribution in [0, 0.1) is 11.6 Å². The van der Waals surface area contributed by atoms with E-state index in [1.807, 2.05) is 13.0 Å². The van der Waals surface area contributed by atoms with Gasteiger partial charge in [-0.15, -0.1) is 0 Å². The Morgan fingerprint density at radius 3 is 2.70 bits per heavy atom. The topological polar surface area (TPSA) is 59.9 Å². The van der Waals surface area contributed by atoms with Crippen molar-refractivity contribution in [3.8, 4) is 0 Å². The lowest BCUT2D eigenvalue weighted by atomic mass is 10.00. The number of rotatable bonds is 7. The number of aliphatic imine (C=N–C) groups is 1. The molecule has 0 aliphatic carbocycles. The van der Waals surface area contributed by atoms with Crippen LogP contribution in [0.2, 0.25) is 0 Å². The minimum absolute atomic E-state index is 0.228. The number of hydrogen-bond donors (Lipinski definition) is 3. The Balaban J connectivity index is 1.56. The second-order valence-electron chi connectivity index (χ2n) is 7.66. The molecule has 30 heavy (non-hydrogen) atoms. The van der Waals surface area contributed by atoms with Gasteiger partial charge in [0.1, 0.15) is 11.6 Å². The maximum absolute atomic E-state index is 14.0. The van der Waals surface area contributed by atoms with Gasteiger partial charge in [-0.25, -0.2) is 8.78 Å². The highest BCUT2D eigenvalue weighted by Crippen LogP contribution is 2.19. The molecule has 0 bridgehead atoms. The summed E-state index contributed by atoms with van der Waals surface area (Å²) in [5.41, 5.74) is 3.04. The van der Waals surface area contributed by atoms with Gasteiger partial charge in [0, 0.05) is 37.8 Å². The van der Waals surface area contributed by atoms with Crippen LogP contribution in [-0.4, -0.2) is 48.2 Å². The third kappa shape index (κ3) is 6.00. The Morgan fingerprint density at radius 2 is 1.97 bits per heavy atom. The first kappa shape index (κ1) is 22.2. The number of nitrogens with one attached hydrogen (secondary N) is 2. The number of fused-ring (bicyclic) bond motifs is 1. The van der Waals surface area contributed by atoms with Crippen molar-refractivity contribution in [3.63, 3.8) is 0 Å². The second-order valence-corrected chi connectivity index (χ2v) is 7.66. The molecule has 1 aliphatic heterocycles. The van der Waals surface area contributed by atoms with Gasteiger partial charge in [-0.2, -0.15) is 0 Å². The number of hydrogen-bond acceptors (Lipinski definition) is 3. The Labute approximate surface area is 176 Å². The summed E-state index contributed by atoms with van der Waals surface area (Å²) in [7, 11) is 0. The van der Waals surface area contributed by atoms with E-state index >= 15 is 0 Å². The summed E-state index contributed by atoms with van der Waals surface area (Å²) in [5, 5.41) is 16.7. The highest BCUT2D eigenvalue weighted by Gasteiger charge is 2.19. The molecule has 0 aromatic heterocycles. The lowest BCUT2D eigenvalue weighted by molar-refractivity contribution is 0.111. The van der Waals surface area contributed by atoms with Crippen LogP contribution in [0.4, 0.5) is 8.78 Å². The van der Waals surface area contributed by atoms with Gasteiger partial charge in [0.25, 0.3) is 0 Å². The van der Waals surface area contributed by atoms with E-state index in [1.165, 1.54) is 23.3 Å². The van der Waals surface area contributed by atoms with Crippen LogP contribution in [0.5, 0.6) is 0 Å². The van der Waals surface area contributed by atoms with Gasteiger partial charge in [-0.05, 0) is 37.5 Å². The number of guanidine groups is 1.